The van der Waals surface area contributed by atoms with Gasteiger partial charge in [0.05, 0.1) is 6.42 Å². The van der Waals surface area contributed by atoms with Crippen LogP contribution in [0.1, 0.15) is 5.56 Å². The zero-order valence-electron chi connectivity index (χ0n) is 14.1. The Morgan fingerprint density at radius 3 is 2.27 bits per heavy atom. The van der Waals surface area contributed by atoms with Crippen molar-refractivity contribution in [3.63, 3.8) is 0 Å². The minimum absolute atomic E-state index is 0.0816. The van der Waals surface area contributed by atoms with Crippen molar-refractivity contribution in [2.24, 2.45) is 0 Å². The van der Waals surface area contributed by atoms with E-state index in [1.807, 2.05) is 30.3 Å². The number of nitrogens with one attached hydrogen (secondary N) is 1. The summed E-state index contributed by atoms with van der Waals surface area (Å²) in [5, 5.41) is 3.08. The van der Waals surface area contributed by atoms with Crippen LogP contribution in [0.4, 0.5) is 14.9 Å². The number of piperazine rings is 1. The van der Waals surface area contributed by atoms with Crippen LogP contribution >= 0.6 is 11.6 Å². The van der Waals surface area contributed by atoms with Crippen LogP contribution in [0, 0.1) is 5.82 Å². The molecular formula is C19H19ClFN3O2. The van der Waals surface area contributed by atoms with Crippen molar-refractivity contribution < 1.29 is 14.0 Å². The van der Waals surface area contributed by atoms with Crippen molar-refractivity contribution in [1.82, 2.24) is 9.80 Å². The number of halogens is 2. The number of anilines is 1. The highest BCUT2D eigenvalue weighted by atomic mass is 35.5. The molecule has 1 saturated heterocycles. The molecule has 1 fully saturated rings. The van der Waals surface area contributed by atoms with Gasteiger partial charge in [-0.15, -0.1) is 0 Å². The molecule has 0 atom stereocenters. The molecule has 1 aliphatic heterocycles. The first kappa shape index (κ1) is 18.2. The van der Waals surface area contributed by atoms with E-state index in [-0.39, 0.29) is 28.9 Å². The van der Waals surface area contributed by atoms with Crippen LogP contribution in [0.15, 0.2) is 48.5 Å². The minimum atomic E-state index is -0.480. The molecule has 1 heterocycles. The number of urea groups is 1. The molecule has 2 aromatic rings. The van der Waals surface area contributed by atoms with Crippen LogP contribution in [0.5, 0.6) is 0 Å². The number of amides is 3. The van der Waals surface area contributed by atoms with Crippen LogP contribution in [0.3, 0.4) is 0 Å². The zero-order valence-corrected chi connectivity index (χ0v) is 14.9. The van der Waals surface area contributed by atoms with Crippen LogP contribution in [0.25, 0.3) is 0 Å². The Balaban J connectivity index is 1.53. The van der Waals surface area contributed by atoms with Crippen LogP contribution in [0.2, 0.25) is 5.02 Å². The van der Waals surface area contributed by atoms with E-state index in [9.17, 15) is 14.0 Å². The number of hydrogen-bond donors (Lipinski definition) is 1. The van der Waals surface area contributed by atoms with Crippen LogP contribution in [-0.2, 0) is 11.2 Å². The molecule has 2 aromatic carbocycles. The molecule has 7 heteroatoms. The van der Waals surface area contributed by atoms with Gasteiger partial charge in [0.15, 0.2) is 0 Å². The summed E-state index contributed by atoms with van der Waals surface area (Å²) in [5.74, 6) is -0.674. The highest BCUT2D eigenvalue weighted by molar-refractivity contribution is 6.31. The maximum Gasteiger partial charge on any atom is 0.321 e. The van der Waals surface area contributed by atoms with E-state index in [1.54, 1.807) is 15.9 Å². The number of hydrogen-bond acceptors (Lipinski definition) is 2. The highest BCUT2D eigenvalue weighted by Gasteiger charge is 2.25. The first-order valence-electron chi connectivity index (χ1n) is 8.36. The molecular weight excluding hydrogens is 357 g/mol. The van der Waals surface area contributed by atoms with E-state index in [1.165, 1.54) is 12.1 Å². The fraction of sp³-hybridized carbons (Fsp3) is 0.263. The molecule has 0 spiro atoms. The standard InChI is InChI=1S/C19H19ClFN3O2/c20-16-7-4-8-17(21)15(16)13-18(25)23-9-11-24(12-10-23)19(26)22-14-5-2-1-3-6-14/h1-8H,9-13H2,(H,22,26). The maximum absolute atomic E-state index is 13.8. The highest BCUT2D eigenvalue weighted by Crippen LogP contribution is 2.20. The van der Waals surface area contributed by atoms with E-state index in [2.05, 4.69) is 5.32 Å². The quantitative estimate of drug-likeness (QED) is 0.894. The molecule has 1 N–H and O–H groups in total. The van der Waals surface area contributed by atoms with E-state index in [0.29, 0.717) is 26.2 Å². The first-order valence-corrected chi connectivity index (χ1v) is 8.74. The number of nitrogens with zero attached hydrogens (tertiary/aromatic N) is 2. The van der Waals surface area contributed by atoms with E-state index < -0.39 is 5.82 Å². The molecule has 0 aromatic heterocycles. The molecule has 1 aliphatic rings. The Kier molecular flexibility index (Phi) is 5.73. The molecule has 136 valence electrons. The average Bonchev–Trinajstić information content (AvgIpc) is 2.65. The Morgan fingerprint density at radius 2 is 1.62 bits per heavy atom. The number of carbonyl (C=O) groups excluding carboxylic acids is 2. The van der Waals surface area contributed by atoms with Gasteiger partial charge in [-0.25, -0.2) is 9.18 Å². The molecule has 0 saturated carbocycles. The van der Waals surface area contributed by atoms with Gasteiger partial charge in [0, 0.05) is 42.5 Å². The van der Waals surface area contributed by atoms with E-state index >= 15 is 0 Å². The Labute approximate surface area is 156 Å². The van der Waals surface area contributed by atoms with Crippen LogP contribution < -0.4 is 5.32 Å². The van der Waals surface area contributed by atoms with Gasteiger partial charge in [-0.05, 0) is 24.3 Å². The number of para-hydroxylation sites is 1. The third-order valence-electron chi connectivity index (χ3n) is 4.33. The van der Waals surface area contributed by atoms with Crippen molar-refractivity contribution in [2.45, 2.75) is 6.42 Å². The summed E-state index contributed by atoms with van der Waals surface area (Å²) in [6.45, 7) is 1.67. The van der Waals surface area contributed by atoms with Crippen molar-refractivity contribution in [3.05, 3.63) is 64.9 Å². The summed E-state index contributed by atoms with van der Waals surface area (Å²) >= 11 is 5.98. The summed E-state index contributed by atoms with van der Waals surface area (Å²) in [7, 11) is 0. The summed E-state index contributed by atoms with van der Waals surface area (Å²) in [5.41, 5.74) is 0.939. The van der Waals surface area contributed by atoms with Crippen molar-refractivity contribution >= 4 is 29.2 Å². The third-order valence-corrected chi connectivity index (χ3v) is 4.69. The van der Waals surface area contributed by atoms with E-state index in [4.69, 9.17) is 11.6 Å². The lowest BCUT2D eigenvalue weighted by molar-refractivity contribution is -0.131. The molecule has 0 aliphatic carbocycles. The van der Waals surface area contributed by atoms with Gasteiger partial charge >= 0.3 is 6.03 Å². The summed E-state index contributed by atoms with van der Waals surface area (Å²) in [6.07, 6.45) is -0.0816. The lowest BCUT2D eigenvalue weighted by Crippen LogP contribution is -2.52. The third kappa shape index (κ3) is 4.32. The lowest BCUT2D eigenvalue weighted by atomic mass is 10.1. The monoisotopic (exact) mass is 375 g/mol. The van der Waals surface area contributed by atoms with Gasteiger partial charge < -0.3 is 15.1 Å². The van der Waals surface area contributed by atoms with Crippen molar-refractivity contribution in [3.8, 4) is 0 Å². The Hall–Kier alpha value is -2.60. The maximum atomic E-state index is 13.8. The minimum Gasteiger partial charge on any atom is -0.339 e. The van der Waals surface area contributed by atoms with Gasteiger partial charge in [-0.2, -0.15) is 0 Å². The molecule has 3 amide bonds. The zero-order chi connectivity index (χ0) is 18.5. The van der Waals surface area contributed by atoms with Gasteiger partial charge in [-0.1, -0.05) is 35.9 Å². The molecule has 3 rings (SSSR count). The van der Waals surface area contributed by atoms with Gasteiger partial charge in [-0.3, -0.25) is 4.79 Å². The van der Waals surface area contributed by atoms with Gasteiger partial charge in [0.25, 0.3) is 0 Å². The summed E-state index contributed by atoms with van der Waals surface area (Å²) in [4.78, 5) is 28.0. The second kappa shape index (κ2) is 8.19. The molecule has 0 bridgehead atoms. The molecule has 5 nitrogen and oxygen atoms in total. The second-order valence-corrected chi connectivity index (χ2v) is 6.45. The van der Waals surface area contributed by atoms with Gasteiger partial charge in [0.2, 0.25) is 5.91 Å². The largest absolute Gasteiger partial charge is 0.339 e. The van der Waals surface area contributed by atoms with Gasteiger partial charge in [0.1, 0.15) is 5.82 Å². The fourth-order valence-corrected chi connectivity index (χ4v) is 3.08. The second-order valence-electron chi connectivity index (χ2n) is 6.04. The predicted octanol–water partition coefficient (Wildman–Crippen LogP) is 3.40. The predicted molar refractivity (Wildman–Crippen MR) is 98.7 cm³/mol. The number of benzene rings is 2. The number of carbonyl (C=O) groups is 2. The normalized spacial score (nSPS) is 14.2. The molecule has 0 unspecified atom stereocenters. The summed E-state index contributed by atoms with van der Waals surface area (Å²) < 4.78 is 13.8. The molecule has 0 radical (unpaired) electrons. The number of rotatable bonds is 3. The lowest BCUT2D eigenvalue weighted by Gasteiger charge is -2.34. The van der Waals surface area contributed by atoms with Crippen molar-refractivity contribution in [1.29, 1.82) is 0 Å². The SMILES string of the molecule is O=C(Cc1c(F)cccc1Cl)N1CCN(C(=O)Nc2ccccc2)CC1. The smallest absolute Gasteiger partial charge is 0.321 e. The Morgan fingerprint density at radius 1 is 0.962 bits per heavy atom. The molecule has 26 heavy (non-hydrogen) atoms. The summed E-state index contributed by atoms with van der Waals surface area (Å²) in [6, 6.07) is 13.4. The van der Waals surface area contributed by atoms with Crippen LogP contribution in [-0.4, -0.2) is 47.9 Å². The average molecular weight is 376 g/mol. The topological polar surface area (TPSA) is 52.7 Å². The first-order chi connectivity index (χ1) is 12.5. The van der Waals surface area contributed by atoms with E-state index in [0.717, 1.165) is 5.69 Å². The van der Waals surface area contributed by atoms with Crippen molar-refractivity contribution in [2.75, 3.05) is 31.5 Å². The Bertz CT molecular complexity index is 772. The fourth-order valence-electron chi connectivity index (χ4n) is 2.85.